The topological polar surface area (TPSA) is 64.3 Å². The van der Waals surface area contributed by atoms with Crippen LogP contribution in [0, 0.1) is 0 Å². The molecule has 0 radical (unpaired) electrons. The SMILES string of the molecule is Nc1ccc(NC(=O)COc2c(Br)cccc2Br)c(Cl)c1. The monoisotopic (exact) mass is 432 g/mol. The number of hydrogen-bond donors (Lipinski definition) is 2. The minimum Gasteiger partial charge on any atom is -0.481 e. The van der Waals surface area contributed by atoms with Crippen molar-refractivity contribution in [2.45, 2.75) is 0 Å². The number of amides is 1. The number of para-hydroxylation sites is 1. The first kappa shape index (κ1) is 16.1. The molecule has 0 saturated carbocycles. The van der Waals surface area contributed by atoms with E-state index in [1.165, 1.54) is 0 Å². The van der Waals surface area contributed by atoms with E-state index >= 15 is 0 Å². The number of carbonyl (C=O) groups excluding carboxylic acids is 1. The summed E-state index contributed by atoms with van der Waals surface area (Å²) in [6, 6.07) is 10.4. The fraction of sp³-hybridized carbons (Fsp3) is 0.0714. The summed E-state index contributed by atoms with van der Waals surface area (Å²) in [5.41, 5.74) is 6.62. The summed E-state index contributed by atoms with van der Waals surface area (Å²) in [6.45, 7) is -0.137. The number of hydrogen-bond acceptors (Lipinski definition) is 3. The lowest BCUT2D eigenvalue weighted by Gasteiger charge is -2.11. The van der Waals surface area contributed by atoms with Crippen LogP contribution < -0.4 is 15.8 Å². The predicted octanol–water partition coefficient (Wildman–Crippen LogP) is 4.46. The van der Waals surface area contributed by atoms with Crippen molar-refractivity contribution in [1.29, 1.82) is 0 Å². The molecule has 0 bridgehead atoms. The van der Waals surface area contributed by atoms with Gasteiger partial charge in [-0.1, -0.05) is 17.7 Å². The molecular formula is C14H11Br2ClN2O2. The third-order valence-electron chi connectivity index (χ3n) is 2.53. The Kier molecular flexibility index (Phi) is 5.50. The van der Waals surface area contributed by atoms with Crippen molar-refractivity contribution < 1.29 is 9.53 Å². The maximum Gasteiger partial charge on any atom is 0.262 e. The van der Waals surface area contributed by atoms with E-state index in [9.17, 15) is 4.79 Å². The van der Waals surface area contributed by atoms with Gasteiger partial charge in [0.2, 0.25) is 0 Å². The van der Waals surface area contributed by atoms with Crippen LogP contribution in [0.15, 0.2) is 45.3 Å². The van der Waals surface area contributed by atoms with Crippen molar-refractivity contribution in [2.24, 2.45) is 0 Å². The number of nitrogens with one attached hydrogen (secondary N) is 1. The van der Waals surface area contributed by atoms with Gasteiger partial charge in [0.15, 0.2) is 6.61 Å². The highest BCUT2D eigenvalue weighted by molar-refractivity contribution is 9.11. The lowest BCUT2D eigenvalue weighted by atomic mass is 10.3. The van der Waals surface area contributed by atoms with Gasteiger partial charge in [-0.15, -0.1) is 0 Å². The summed E-state index contributed by atoms with van der Waals surface area (Å²) in [6.07, 6.45) is 0. The Morgan fingerprint density at radius 1 is 1.24 bits per heavy atom. The molecule has 7 heteroatoms. The second kappa shape index (κ2) is 7.15. The van der Waals surface area contributed by atoms with Crippen LogP contribution >= 0.6 is 43.5 Å². The van der Waals surface area contributed by atoms with Gasteiger partial charge >= 0.3 is 0 Å². The number of carbonyl (C=O) groups is 1. The summed E-state index contributed by atoms with van der Waals surface area (Å²) >= 11 is 12.7. The Morgan fingerprint density at radius 2 is 1.90 bits per heavy atom. The zero-order valence-electron chi connectivity index (χ0n) is 10.7. The van der Waals surface area contributed by atoms with Crippen molar-refractivity contribution in [2.75, 3.05) is 17.7 Å². The van der Waals surface area contributed by atoms with E-state index in [-0.39, 0.29) is 12.5 Å². The van der Waals surface area contributed by atoms with E-state index in [0.717, 1.165) is 8.95 Å². The number of benzene rings is 2. The zero-order valence-corrected chi connectivity index (χ0v) is 14.6. The standard InChI is InChI=1S/C14H11Br2ClN2O2/c15-9-2-1-3-10(16)14(9)21-7-13(20)19-12-5-4-8(18)6-11(12)17/h1-6H,7,18H2,(H,19,20). The largest absolute Gasteiger partial charge is 0.481 e. The molecule has 110 valence electrons. The zero-order chi connectivity index (χ0) is 15.4. The van der Waals surface area contributed by atoms with Crippen molar-refractivity contribution >= 4 is 60.7 Å². The Bertz CT molecular complexity index is 660. The minimum absolute atomic E-state index is 0.137. The van der Waals surface area contributed by atoms with Crippen LogP contribution in [0.25, 0.3) is 0 Å². The Morgan fingerprint density at radius 3 is 2.52 bits per heavy atom. The molecule has 0 aliphatic rings. The molecular weight excluding hydrogens is 423 g/mol. The van der Waals surface area contributed by atoms with Gasteiger partial charge in [0.1, 0.15) is 5.75 Å². The lowest BCUT2D eigenvalue weighted by Crippen LogP contribution is -2.20. The molecule has 0 fully saturated rings. The molecule has 0 unspecified atom stereocenters. The molecule has 21 heavy (non-hydrogen) atoms. The van der Waals surface area contributed by atoms with Crippen LogP contribution in [0.2, 0.25) is 5.02 Å². The van der Waals surface area contributed by atoms with Gasteiger partial charge in [-0.2, -0.15) is 0 Å². The van der Waals surface area contributed by atoms with Crippen molar-refractivity contribution in [1.82, 2.24) is 0 Å². The summed E-state index contributed by atoms with van der Waals surface area (Å²) in [7, 11) is 0. The van der Waals surface area contributed by atoms with Crippen LogP contribution in [0.4, 0.5) is 11.4 Å². The second-order valence-electron chi connectivity index (χ2n) is 4.13. The third kappa shape index (κ3) is 4.36. The van der Waals surface area contributed by atoms with E-state index in [1.807, 2.05) is 18.2 Å². The van der Waals surface area contributed by atoms with Crippen molar-refractivity contribution in [3.63, 3.8) is 0 Å². The van der Waals surface area contributed by atoms with E-state index in [1.54, 1.807) is 18.2 Å². The van der Waals surface area contributed by atoms with Gasteiger partial charge in [-0.25, -0.2) is 0 Å². The quantitative estimate of drug-likeness (QED) is 0.698. The van der Waals surface area contributed by atoms with Crippen LogP contribution in [0.5, 0.6) is 5.75 Å². The second-order valence-corrected chi connectivity index (χ2v) is 6.24. The molecule has 0 aliphatic carbocycles. The van der Waals surface area contributed by atoms with Gasteiger partial charge in [-0.3, -0.25) is 4.79 Å². The normalized spacial score (nSPS) is 10.2. The molecule has 0 spiro atoms. The number of anilines is 2. The molecule has 0 aromatic heterocycles. The summed E-state index contributed by atoms with van der Waals surface area (Å²) in [4.78, 5) is 11.9. The fourth-order valence-corrected chi connectivity index (χ4v) is 3.04. The molecule has 2 aromatic rings. The molecule has 3 N–H and O–H groups in total. The molecule has 0 aliphatic heterocycles. The number of rotatable bonds is 4. The van der Waals surface area contributed by atoms with Gasteiger partial charge < -0.3 is 15.8 Å². The van der Waals surface area contributed by atoms with E-state index < -0.39 is 0 Å². The number of ether oxygens (including phenoxy) is 1. The van der Waals surface area contributed by atoms with Crippen molar-refractivity contribution in [3.8, 4) is 5.75 Å². The first-order valence-corrected chi connectivity index (χ1v) is 7.85. The maximum absolute atomic E-state index is 11.9. The molecule has 1 amide bonds. The average Bonchev–Trinajstić information content (AvgIpc) is 2.41. The summed E-state index contributed by atoms with van der Waals surface area (Å²) in [5.74, 6) is 0.250. The Labute approximate surface area is 143 Å². The van der Waals surface area contributed by atoms with Crippen LogP contribution in [0.3, 0.4) is 0 Å². The fourth-order valence-electron chi connectivity index (χ4n) is 1.58. The number of nitrogen functional groups attached to an aromatic ring is 1. The molecule has 0 atom stereocenters. The van der Waals surface area contributed by atoms with E-state index in [0.29, 0.717) is 22.1 Å². The summed E-state index contributed by atoms with van der Waals surface area (Å²) < 4.78 is 7.01. The number of halogens is 3. The highest BCUT2D eigenvalue weighted by Gasteiger charge is 2.10. The summed E-state index contributed by atoms with van der Waals surface area (Å²) in [5, 5.41) is 3.04. The van der Waals surface area contributed by atoms with Crippen LogP contribution in [-0.4, -0.2) is 12.5 Å². The minimum atomic E-state index is -0.315. The third-order valence-corrected chi connectivity index (χ3v) is 4.10. The van der Waals surface area contributed by atoms with Gasteiger partial charge in [0, 0.05) is 5.69 Å². The van der Waals surface area contributed by atoms with Crippen LogP contribution in [0.1, 0.15) is 0 Å². The van der Waals surface area contributed by atoms with E-state index in [2.05, 4.69) is 37.2 Å². The Balaban J connectivity index is 1.99. The maximum atomic E-state index is 11.9. The first-order valence-electron chi connectivity index (χ1n) is 5.89. The molecule has 4 nitrogen and oxygen atoms in total. The molecule has 2 rings (SSSR count). The predicted molar refractivity (Wildman–Crippen MR) is 91.8 cm³/mol. The van der Waals surface area contributed by atoms with Gasteiger partial charge in [0.05, 0.1) is 19.7 Å². The molecule has 2 aromatic carbocycles. The smallest absolute Gasteiger partial charge is 0.262 e. The highest BCUT2D eigenvalue weighted by Crippen LogP contribution is 2.33. The lowest BCUT2D eigenvalue weighted by molar-refractivity contribution is -0.118. The highest BCUT2D eigenvalue weighted by atomic mass is 79.9. The van der Waals surface area contributed by atoms with Crippen molar-refractivity contribution in [3.05, 3.63) is 50.4 Å². The van der Waals surface area contributed by atoms with E-state index in [4.69, 9.17) is 22.1 Å². The molecule has 0 heterocycles. The average molecular weight is 435 g/mol. The van der Waals surface area contributed by atoms with Crippen LogP contribution in [-0.2, 0) is 4.79 Å². The van der Waals surface area contributed by atoms with Gasteiger partial charge in [-0.05, 0) is 62.2 Å². The van der Waals surface area contributed by atoms with Gasteiger partial charge in [0.25, 0.3) is 5.91 Å². The Hall–Kier alpha value is -1.24. The molecule has 0 saturated heterocycles. The first-order chi connectivity index (χ1) is 9.97. The number of nitrogens with two attached hydrogens (primary N) is 1.